The van der Waals surface area contributed by atoms with Gasteiger partial charge in [-0.3, -0.25) is 4.98 Å². The molecule has 3 heteroatoms. The van der Waals surface area contributed by atoms with Crippen LogP contribution in [-0.4, -0.2) is 11.5 Å². The molecule has 1 rings (SSSR count). The smallest absolute Gasteiger partial charge is 0.0635 e. The van der Waals surface area contributed by atoms with E-state index in [0.29, 0.717) is 13.0 Å². The van der Waals surface area contributed by atoms with E-state index in [9.17, 15) is 0 Å². The highest BCUT2D eigenvalue weighted by molar-refractivity contribution is 5.07. The lowest BCUT2D eigenvalue weighted by atomic mass is 10.2. The third-order valence-electron chi connectivity index (χ3n) is 1.82. The SMILES string of the molecule is C[C@@H](NCCC#N)c1ccccn1. The molecular formula is C10H13N3. The van der Waals surface area contributed by atoms with Gasteiger partial charge in [-0.15, -0.1) is 0 Å². The number of aromatic nitrogens is 1. The molecule has 1 aromatic heterocycles. The van der Waals surface area contributed by atoms with Crippen molar-refractivity contribution in [1.82, 2.24) is 10.3 Å². The fourth-order valence-electron chi connectivity index (χ4n) is 1.08. The summed E-state index contributed by atoms with van der Waals surface area (Å²) in [5, 5.41) is 11.6. The van der Waals surface area contributed by atoms with Crippen molar-refractivity contribution < 1.29 is 0 Å². The van der Waals surface area contributed by atoms with Gasteiger partial charge in [0.25, 0.3) is 0 Å². The van der Waals surface area contributed by atoms with Crippen LogP contribution in [0.1, 0.15) is 25.1 Å². The van der Waals surface area contributed by atoms with E-state index in [2.05, 4.69) is 16.4 Å². The second kappa shape index (κ2) is 5.28. The fourth-order valence-corrected chi connectivity index (χ4v) is 1.08. The highest BCUT2D eigenvalue weighted by atomic mass is 14.9. The minimum atomic E-state index is 0.217. The summed E-state index contributed by atoms with van der Waals surface area (Å²) in [5.74, 6) is 0. The fraction of sp³-hybridized carbons (Fsp3) is 0.400. The molecule has 0 aliphatic rings. The van der Waals surface area contributed by atoms with Crippen LogP contribution in [0.2, 0.25) is 0 Å². The normalized spacial score (nSPS) is 12.0. The summed E-state index contributed by atoms with van der Waals surface area (Å²) in [6.45, 7) is 2.76. The van der Waals surface area contributed by atoms with Gasteiger partial charge in [0.2, 0.25) is 0 Å². The van der Waals surface area contributed by atoms with Gasteiger partial charge in [-0.05, 0) is 19.1 Å². The van der Waals surface area contributed by atoms with Gasteiger partial charge in [-0.25, -0.2) is 0 Å². The molecule has 0 spiro atoms. The maximum atomic E-state index is 8.34. The molecule has 0 unspecified atom stereocenters. The Balaban J connectivity index is 2.41. The summed E-state index contributed by atoms with van der Waals surface area (Å²) in [6.07, 6.45) is 2.31. The van der Waals surface area contributed by atoms with Crippen molar-refractivity contribution in [2.75, 3.05) is 6.54 Å². The van der Waals surface area contributed by atoms with Crippen LogP contribution in [0.5, 0.6) is 0 Å². The average Bonchev–Trinajstić information content (AvgIpc) is 2.19. The maximum Gasteiger partial charge on any atom is 0.0635 e. The number of nitrogens with one attached hydrogen (secondary N) is 1. The van der Waals surface area contributed by atoms with Crippen LogP contribution in [0, 0.1) is 11.3 Å². The minimum absolute atomic E-state index is 0.217. The van der Waals surface area contributed by atoms with Crippen molar-refractivity contribution in [2.24, 2.45) is 0 Å². The molecule has 0 radical (unpaired) electrons. The van der Waals surface area contributed by atoms with Gasteiger partial charge in [-0.1, -0.05) is 6.07 Å². The van der Waals surface area contributed by atoms with Crippen LogP contribution in [0.15, 0.2) is 24.4 Å². The Morgan fingerprint density at radius 2 is 2.46 bits per heavy atom. The Hall–Kier alpha value is -1.40. The second-order valence-corrected chi connectivity index (χ2v) is 2.84. The molecule has 1 aromatic rings. The number of hydrogen-bond acceptors (Lipinski definition) is 3. The molecule has 1 atom stereocenters. The molecule has 3 nitrogen and oxygen atoms in total. The molecule has 1 N–H and O–H groups in total. The third kappa shape index (κ3) is 3.22. The molecule has 0 saturated carbocycles. The monoisotopic (exact) mass is 175 g/mol. The first kappa shape index (κ1) is 9.69. The molecule has 0 amide bonds. The summed E-state index contributed by atoms with van der Waals surface area (Å²) in [6, 6.07) is 8.14. The van der Waals surface area contributed by atoms with Gasteiger partial charge >= 0.3 is 0 Å². The van der Waals surface area contributed by atoms with Crippen molar-refractivity contribution in [3.63, 3.8) is 0 Å². The first-order valence-electron chi connectivity index (χ1n) is 4.36. The van der Waals surface area contributed by atoms with E-state index in [0.717, 1.165) is 5.69 Å². The predicted molar refractivity (Wildman–Crippen MR) is 50.9 cm³/mol. The van der Waals surface area contributed by atoms with E-state index in [-0.39, 0.29) is 6.04 Å². The number of nitriles is 1. The van der Waals surface area contributed by atoms with Crippen molar-refractivity contribution in [1.29, 1.82) is 5.26 Å². The van der Waals surface area contributed by atoms with E-state index in [1.54, 1.807) is 6.20 Å². The van der Waals surface area contributed by atoms with E-state index >= 15 is 0 Å². The zero-order chi connectivity index (χ0) is 9.52. The molecule has 0 aromatic carbocycles. The van der Waals surface area contributed by atoms with Gasteiger partial charge in [0.1, 0.15) is 0 Å². The zero-order valence-corrected chi connectivity index (χ0v) is 7.70. The summed E-state index contributed by atoms with van der Waals surface area (Å²) < 4.78 is 0. The van der Waals surface area contributed by atoms with E-state index in [1.807, 2.05) is 25.1 Å². The molecular weight excluding hydrogens is 162 g/mol. The number of hydrogen-bond donors (Lipinski definition) is 1. The quantitative estimate of drug-likeness (QED) is 0.708. The van der Waals surface area contributed by atoms with Crippen LogP contribution in [-0.2, 0) is 0 Å². The summed E-state index contributed by atoms with van der Waals surface area (Å²) in [4.78, 5) is 4.21. The molecule has 68 valence electrons. The Morgan fingerprint density at radius 1 is 1.62 bits per heavy atom. The van der Waals surface area contributed by atoms with Gasteiger partial charge in [-0.2, -0.15) is 5.26 Å². The van der Waals surface area contributed by atoms with Crippen LogP contribution in [0.3, 0.4) is 0 Å². The molecule has 13 heavy (non-hydrogen) atoms. The molecule has 0 aliphatic heterocycles. The number of rotatable bonds is 4. The topological polar surface area (TPSA) is 48.7 Å². The lowest BCUT2D eigenvalue weighted by Gasteiger charge is -2.11. The van der Waals surface area contributed by atoms with Crippen LogP contribution in [0.25, 0.3) is 0 Å². The maximum absolute atomic E-state index is 8.34. The Bertz CT molecular complexity index is 276. The van der Waals surface area contributed by atoms with Gasteiger partial charge < -0.3 is 5.32 Å². The average molecular weight is 175 g/mol. The Labute approximate surface area is 78.4 Å². The zero-order valence-electron chi connectivity index (χ0n) is 7.70. The lowest BCUT2D eigenvalue weighted by molar-refractivity contribution is 0.570. The second-order valence-electron chi connectivity index (χ2n) is 2.84. The van der Waals surface area contributed by atoms with E-state index < -0.39 is 0 Å². The standard InChI is InChI=1S/C10H13N3/c1-9(12-8-4-6-11)10-5-2-3-7-13-10/h2-3,5,7,9,12H,4,8H2,1H3/t9-/m1/s1. The summed E-state index contributed by atoms with van der Waals surface area (Å²) >= 11 is 0. The van der Waals surface area contributed by atoms with Crippen LogP contribution < -0.4 is 5.32 Å². The molecule has 0 saturated heterocycles. The van der Waals surface area contributed by atoms with Crippen molar-refractivity contribution in [2.45, 2.75) is 19.4 Å². The van der Waals surface area contributed by atoms with E-state index in [4.69, 9.17) is 5.26 Å². The number of pyridine rings is 1. The summed E-state index contributed by atoms with van der Waals surface area (Å²) in [7, 11) is 0. The molecule has 0 bridgehead atoms. The third-order valence-corrected chi connectivity index (χ3v) is 1.82. The van der Waals surface area contributed by atoms with Gasteiger partial charge in [0.15, 0.2) is 0 Å². The Morgan fingerprint density at radius 3 is 3.08 bits per heavy atom. The molecule has 0 aliphatic carbocycles. The molecule has 0 fully saturated rings. The summed E-state index contributed by atoms with van der Waals surface area (Å²) in [5.41, 5.74) is 1.01. The van der Waals surface area contributed by atoms with Gasteiger partial charge in [0, 0.05) is 25.2 Å². The van der Waals surface area contributed by atoms with Crippen molar-refractivity contribution in [3.8, 4) is 6.07 Å². The van der Waals surface area contributed by atoms with Crippen LogP contribution >= 0.6 is 0 Å². The lowest BCUT2D eigenvalue weighted by Crippen LogP contribution is -2.20. The highest BCUT2D eigenvalue weighted by Gasteiger charge is 2.03. The van der Waals surface area contributed by atoms with Crippen molar-refractivity contribution in [3.05, 3.63) is 30.1 Å². The predicted octanol–water partition coefficient (Wildman–Crippen LogP) is 1.65. The Kier molecular flexibility index (Phi) is 3.94. The van der Waals surface area contributed by atoms with E-state index in [1.165, 1.54) is 0 Å². The number of nitrogens with zero attached hydrogens (tertiary/aromatic N) is 2. The highest BCUT2D eigenvalue weighted by Crippen LogP contribution is 2.06. The minimum Gasteiger partial charge on any atom is -0.308 e. The molecule has 1 heterocycles. The van der Waals surface area contributed by atoms with Gasteiger partial charge in [0.05, 0.1) is 11.8 Å². The first-order chi connectivity index (χ1) is 6.34. The first-order valence-corrected chi connectivity index (χ1v) is 4.36. The van der Waals surface area contributed by atoms with Crippen molar-refractivity contribution >= 4 is 0 Å². The van der Waals surface area contributed by atoms with Crippen LogP contribution in [0.4, 0.5) is 0 Å². The largest absolute Gasteiger partial charge is 0.308 e.